The van der Waals surface area contributed by atoms with E-state index in [9.17, 15) is 14.4 Å². The van der Waals surface area contributed by atoms with E-state index in [1.54, 1.807) is 31.1 Å². The zero-order chi connectivity index (χ0) is 22.9. The van der Waals surface area contributed by atoms with E-state index >= 15 is 0 Å². The van der Waals surface area contributed by atoms with Crippen molar-refractivity contribution in [3.8, 4) is 11.8 Å². The van der Waals surface area contributed by atoms with Gasteiger partial charge in [-0.3, -0.25) is 19.4 Å². The molecule has 1 N–H and O–H groups in total. The van der Waals surface area contributed by atoms with Crippen LogP contribution in [0.1, 0.15) is 46.0 Å². The van der Waals surface area contributed by atoms with E-state index in [0.29, 0.717) is 6.54 Å². The van der Waals surface area contributed by atoms with E-state index in [-0.39, 0.29) is 43.3 Å². The molecule has 8 heteroatoms. The summed E-state index contributed by atoms with van der Waals surface area (Å²) in [6.07, 6.45) is 7.08. The van der Waals surface area contributed by atoms with Gasteiger partial charge in [-0.2, -0.15) is 0 Å². The number of pyridine rings is 1. The third-order valence-electron chi connectivity index (χ3n) is 5.71. The summed E-state index contributed by atoms with van der Waals surface area (Å²) in [7, 11) is 0. The molecule has 2 aliphatic rings. The highest BCUT2D eigenvalue weighted by Crippen LogP contribution is 2.31. The van der Waals surface area contributed by atoms with E-state index in [0.717, 1.165) is 37.9 Å². The molecule has 2 fully saturated rings. The third-order valence-corrected chi connectivity index (χ3v) is 5.71. The quantitative estimate of drug-likeness (QED) is 0.465. The van der Waals surface area contributed by atoms with Crippen LogP contribution in [0.25, 0.3) is 0 Å². The number of aromatic nitrogens is 1. The van der Waals surface area contributed by atoms with Crippen LogP contribution in [0.3, 0.4) is 0 Å². The summed E-state index contributed by atoms with van der Waals surface area (Å²) in [5.41, 5.74) is 1.06. The second-order valence-electron chi connectivity index (χ2n) is 8.21. The Balaban J connectivity index is 1.60. The molecule has 1 aliphatic carbocycles. The molecule has 2 atom stereocenters. The molecule has 0 aromatic carbocycles. The minimum absolute atomic E-state index is 0.0126. The summed E-state index contributed by atoms with van der Waals surface area (Å²) < 4.78 is 4.96. The van der Waals surface area contributed by atoms with E-state index in [2.05, 4.69) is 27.0 Å². The highest BCUT2D eigenvalue weighted by molar-refractivity contribution is 5.87. The average molecular weight is 441 g/mol. The molecule has 0 bridgehead atoms. The van der Waals surface area contributed by atoms with Crippen molar-refractivity contribution < 1.29 is 19.1 Å². The molecule has 1 saturated heterocycles. The average Bonchev–Trinajstić information content (AvgIpc) is 3.63. The lowest BCUT2D eigenvalue weighted by Gasteiger charge is -2.36. The fourth-order valence-electron chi connectivity index (χ4n) is 4.07. The number of hydrogen-bond acceptors (Lipinski definition) is 6. The van der Waals surface area contributed by atoms with Crippen molar-refractivity contribution in [3.05, 3.63) is 24.5 Å². The first-order valence-corrected chi connectivity index (χ1v) is 11.3. The van der Waals surface area contributed by atoms with E-state index in [1.807, 2.05) is 12.1 Å². The van der Waals surface area contributed by atoms with Gasteiger partial charge in [0.15, 0.2) is 0 Å². The number of carbonyl (C=O) groups excluding carboxylic acids is 3. The molecule has 2 heterocycles. The standard InChI is InChI=1S/C24H32N4O4/c1-3-6-19(15-23(30)32-4-2)26-22(29)17-28(21-8-9-21)24(31)18-7-5-14-27(16-18)20-10-12-25-13-11-20/h10-13,18-19,21H,4-5,7-9,14-17H2,1-2H3,(H,26,29)/t18?,19-/m1/s1. The zero-order valence-corrected chi connectivity index (χ0v) is 18.9. The van der Waals surface area contributed by atoms with Crippen LogP contribution in [-0.4, -0.2) is 66.0 Å². The molecule has 1 aromatic rings. The van der Waals surface area contributed by atoms with E-state index in [1.165, 1.54) is 0 Å². The molecule has 32 heavy (non-hydrogen) atoms. The summed E-state index contributed by atoms with van der Waals surface area (Å²) in [5.74, 6) is 4.76. The first-order valence-electron chi connectivity index (χ1n) is 11.3. The summed E-state index contributed by atoms with van der Waals surface area (Å²) in [6.45, 7) is 5.20. The fraction of sp³-hybridized carbons (Fsp3) is 0.583. The predicted molar refractivity (Wildman–Crippen MR) is 121 cm³/mol. The Labute approximate surface area is 189 Å². The molecule has 0 radical (unpaired) electrons. The Morgan fingerprint density at radius 2 is 2.03 bits per heavy atom. The number of nitrogens with zero attached hydrogens (tertiary/aromatic N) is 3. The van der Waals surface area contributed by atoms with Crippen LogP contribution in [-0.2, 0) is 19.1 Å². The molecule has 1 saturated carbocycles. The maximum absolute atomic E-state index is 13.4. The number of hydrogen-bond donors (Lipinski definition) is 1. The lowest BCUT2D eigenvalue weighted by atomic mass is 9.96. The van der Waals surface area contributed by atoms with E-state index in [4.69, 9.17) is 4.74 Å². The summed E-state index contributed by atoms with van der Waals surface area (Å²) >= 11 is 0. The van der Waals surface area contributed by atoms with Gasteiger partial charge in [0, 0.05) is 37.2 Å². The number of piperidine rings is 1. The van der Waals surface area contributed by atoms with Crippen molar-refractivity contribution >= 4 is 23.5 Å². The van der Waals surface area contributed by atoms with Gasteiger partial charge in [-0.15, -0.1) is 5.92 Å². The summed E-state index contributed by atoms with van der Waals surface area (Å²) in [6, 6.07) is 3.40. The molecule has 1 unspecified atom stereocenters. The van der Waals surface area contributed by atoms with Gasteiger partial charge in [-0.05, 0) is 51.7 Å². The molecule has 2 amide bonds. The molecular formula is C24H32N4O4. The van der Waals surface area contributed by atoms with Gasteiger partial charge in [0.25, 0.3) is 0 Å². The molecule has 8 nitrogen and oxygen atoms in total. The van der Waals surface area contributed by atoms with Gasteiger partial charge in [0.1, 0.15) is 6.04 Å². The van der Waals surface area contributed by atoms with Gasteiger partial charge in [0.05, 0.1) is 25.5 Å². The second-order valence-corrected chi connectivity index (χ2v) is 8.21. The number of esters is 1. The van der Waals surface area contributed by atoms with Gasteiger partial charge in [0.2, 0.25) is 11.8 Å². The summed E-state index contributed by atoms with van der Waals surface area (Å²) in [5, 5.41) is 2.79. The van der Waals surface area contributed by atoms with Crippen molar-refractivity contribution in [1.29, 1.82) is 0 Å². The number of amides is 2. The monoisotopic (exact) mass is 440 g/mol. The van der Waals surface area contributed by atoms with Crippen LogP contribution in [0.5, 0.6) is 0 Å². The van der Waals surface area contributed by atoms with Crippen molar-refractivity contribution in [3.63, 3.8) is 0 Å². The van der Waals surface area contributed by atoms with Crippen LogP contribution < -0.4 is 10.2 Å². The summed E-state index contributed by atoms with van der Waals surface area (Å²) in [4.78, 5) is 45.9. The minimum Gasteiger partial charge on any atom is -0.466 e. The first kappa shape index (κ1) is 23.6. The number of nitrogens with one attached hydrogen (secondary N) is 1. The smallest absolute Gasteiger partial charge is 0.308 e. The molecule has 3 rings (SSSR count). The van der Waals surface area contributed by atoms with Crippen LogP contribution in [0.4, 0.5) is 5.69 Å². The maximum atomic E-state index is 13.4. The normalized spacial score (nSPS) is 18.7. The molecule has 0 spiro atoms. The van der Waals surface area contributed by atoms with Gasteiger partial charge < -0.3 is 19.9 Å². The molecule has 172 valence electrons. The van der Waals surface area contributed by atoms with Crippen LogP contribution in [0.2, 0.25) is 0 Å². The maximum Gasteiger partial charge on any atom is 0.308 e. The van der Waals surface area contributed by atoms with Gasteiger partial charge >= 0.3 is 5.97 Å². The molecule has 1 aromatic heterocycles. The van der Waals surface area contributed by atoms with Crippen molar-refractivity contribution in [1.82, 2.24) is 15.2 Å². The number of rotatable bonds is 9. The Hall–Kier alpha value is -3.08. The number of anilines is 1. The highest BCUT2D eigenvalue weighted by atomic mass is 16.5. The van der Waals surface area contributed by atoms with Crippen molar-refractivity contribution in [2.45, 2.75) is 58.0 Å². The van der Waals surface area contributed by atoms with Gasteiger partial charge in [-0.25, -0.2) is 0 Å². The topological polar surface area (TPSA) is 91.8 Å². The first-order chi connectivity index (χ1) is 15.5. The van der Waals surface area contributed by atoms with Crippen molar-refractivity contribution in [2.75, 3.05) is 31.1 Å². The second kappa shape index (κ2) is 11.5. The van der Waals surface area contributed by atoms with Crippen LogP contribution >= 0.6 is 0 Å². The molecule has 1 aliphatic heterocycles. The van der Waals surface area contributed by atoms with Crippen LogP contribution in [0, 0.1) is 17.8 Å². The number of ether oxygens (including phenoxy) is 1. The number of carbonyl (C=O) groups is 3. The Morgan fingerprint density at radius 1 is 1.28 bits per heavy atom. The Bertz CT molecular complexity index is 860. The minimum atomic E-state index is -0.625. The molecular weight excluding hydrogens is 408 g/mol. The lowest BCUT2D eigenvalue weighted by molar-refractivity contribution is -0.144. The Morgan fingerprint density at radius 3 is 2.69 bits per heavy atom. The predicted octanol–water partition coefficient (Wildman–Crippen LogP) is 1.75. The third kappa shape index (κ3) is 6.71. The Kier molecular flexibility index (Phi) is 8.48. The zero-order valence-electron chi connectivity index (χ0n) is 18.9. The highest BCUT2D eigenvalue weighted by Gasteiger charge is 2.38. The lowest BCUT2D eigenvalue weighted by Crippen LogP contribution is -2.50. The van der Waals surface area contributed by atoms with E-state index < -0.39 is 12.0 Å². The van der Waals surface area contributed by atoms with Crippen molar-refractivity contribution in [2.24, 2.45) is 5.92 Å². The fourth-order valence-corrected chi connectivity index (χ4v) is 4.07. The largest absolute Gasteiger partial charge is 0.466 e. The van der Waals surface area contributed by atoms with Gasteiger partial charge in [-0.1, -0.05) is 5.92 Å². The SMILES string of the molecule is CC#C[C@H](CC(=O)OCC)NC(=O)CN(C(=O)C1CCCN(c2ccncc2)C1)C1CC1. The van der Waals surface area contributed by atoms with Crippen LogP contribution in [0.15, 0.2) is 24.5 Å².